The van der Waals surface area contributed by atoms with E-state index < -0.39 is 47.2 Å². The molecule has 0 saturated carbocycles. The van der Waals surface area contributed by atoms with Crippen molar-refractivity contribution in [3.8, 4) is 0 Å². The van der Waals surface area contributed by atoms with Crippen molar-refractivity contribution in [3.05, 3.63) is 22.7 Å². The maximum Gasteiger partial charge on any atom is 0.351 e. The molecule has 2 heterocycles. The van der Waals surface area contributed by atoms with Crippen molar-refractivity contribution in [3.63, 3.8) is 0 Å². The number of hydrogen-bond donors (Lipinski definition) is 3. The lowest BCUT2D eigenvalue weighted by molar-refractivity contribution is -0.929. The zero-order valence-corrected chi connectivity index (χ0v) is 24.1. The van der Waals surface area contributed by atoms with Gasteiger partial charge in [-0.3, -0.25) is 8.75 Å². The molecule has 0 bridgehead atoms. The number of ether oxygens (including phenoxy) is 1. The smallest absolute Gasteiger partial charge is 0.351 e. The van der Waals surface area contributed by atoms with Gasteiger partial charge in [-0.1, -0.05) is 53.4 Å². The summed E-state index contributed by atoms with van der Waals surface area (Å²) in [7, 11) is -4.97. The van der Waals surface area contributed by atoms with Crippen molar-refractivity contribution < 1.29 is 36.6 Å². The van der Waals surface area contributed by atoms with Crippen LogP contribution in [0.3, 0.4) is 0 Å². The molecule has 0 amide bonds. The first-order chi connectivity index (χ1) is 17.9. The van der Waals surface area contributed by atoms with E-state index in [1.165, 1.54) is 94.3 Å². The number of aliphatic hydroxyl groups excluding tert-OH is 2. The first-order valence-corrected chi connectivity index (χ1v) is 15.1. The largest absolute Gasteiger partial charge is 0.726 e. The standard InChI is InChI=1S/C16H36N.C9H13N3O8S/c1-5-9-13-17(14-10-6-2,15-11-7-3)16-12-8-4;10-5-1-2-12(9(15)11-5)8-7(14)6(13)4(20-8)3-19-21(16,17)18/h5-16H2,1-4H3;1-2,4,6-8,13-14H,3H2,(H2,10,11,15)(H,16,17,18)/q+1;/p-1/t;4-,6-,7-,8-/m.1/s1. The van der Waals surface area contributed by atoms with Crippen molar-refractivity contribution in [1.29, 1.82) is 0 Å². The molecular weight excluding hydrogens is 516 g/mol. The number of nitrogens with zero attached hydrogens (tertiary/aromatic N) is 3. The van der Waals surface area contributed by atoms with Crippen LogP contribution in [0.2, 0.25) is 0 Å². The molecule has 1 aliphatic heterocycles. The summed E-state index contributed by atoms with van der Waals surface area (Å²) in [5, 5.41) is 19.5. The van der Waals surface area contributed by atoms with Gasteiger partial charge in [0.15, 0.2) is 6.23 Å². The lowest BCUT2D eigenvalue weighted by atomic mass is 10.1. The van der Waals surface area contributed by atoms with E-state index in [0.29, 0.717) is 0 Å². The molecular formula is C25H48N4O8S. The lowest BCUT2D eigenvalue weighted by Crippen LogP contribution is -2.50. The molecule has 1 aliphatic rings. The number of nitrogens with two attached hydrogens (primary N) is 1. The summed E-state index contributed by atoms with van der Waals surface area (Å²) in [6, 6.07) is 1.27. The van der Waals surface area contributed by atoms with Crippen LogP contribution in [0.15, 0.2) is 17.1 Å². The number of quaternary nitrogens is 1. The van der Waals surface area contributed by atoms with Crippen molar-refractivity contribution in [2.75, 3.05) is 38.5 Å². The Kier molecular flexibility index (Phi) is 15.5. The molecule has 0 aromatic carbocycles. The van der Waals surface area contributed by atoms with Gasteiger partial charge in [0.05, 0.1) is 32.8 Å². The highest BCUT2D eigenvalue weighted by Crippen LogP contribution is 2.28. The molecule has 0 unspecified atom stereocenters. The minimum Gasteiger partial charge on any atom is -0.726 e. The topological polar surface area (TPSA) is 177 Å². The van der Waals surface area contributed by atoms with E-state index in [2.05, 4.69) is 36.9 Å². The Morgan fingerprint density at radius 1 is 1.00 bits per heavy atom. The Bertz CT molecular complexity index is 921. The van der Waals surface area contributed by atoms with Crippen LogP contribution in [-0.4, -0.2) is 88.3 Å². The van der Waals surface area contributed by atoms with Gasteiger partial charge in [-0.15, -0.1) is 0 Å². The molecule has 0 spiro atoms. The third-order valence-electron chi connectivity index (χ3n) is 6.78. The maximum absolute atomic E-state index is 11.6. The Morgan fingerprint density at radius 3 is 1.87 bits per heavy atom. The normalized spacial score (nSPS) is 21.8. The zero-order chi connectivity index (χ0) is 28.8. The van der Waals surface area contributed by atoms with Crippen LogP contribution >= 0.6 is 0 Å². The number of hydrogen-bond acceptors (Lipinski definition) is 10. The number of aliphatic hydroxyl groups is 2. The highest BCUT2D eigenvalue weighted by Gasteiger charge is 2.44. The maximum atomic E-state index is 11.6. The highest BCUT2D eigenvalue weighted by molar-refractivity contribution is 7.80. The summed E-state index contributed by atoms with van der Waals surface area (Å²) in [4.78, 5) is 15.0. The van der Waals surface area contributed by atoms with Crippen molar-refractivity contribution in [1.82, 2.24) is 9.55 Å². The third-order valence-corrected chi connectivity index (χ3v) is 7.21. The molecule has 1 aromatic heterocycles. The molecule has 1 aromatic rings. The van der Waals surface area contributed by atoms with Crippen LogP contribution in [-0.2, 0) is 19.3 Å². The molecule has 2 rings (SSSR count). The van der Waals surface area contributed by atoms with E-state index in [0.717, 1.165) is 4.57 Å². The van der Waals surface area contributed by atoms with E-state index >= 15 is 0 Å². The highest BCUT2D eigenvalue weighted by atomic mass is 32.3. The molecule has 222 valence electrons. The zero-order valence-electron chi connectivity index (χ0n) is 23.3. The van der Waals surface area contributed by atoms with Gasteiger partial charge in [0.25, 0.3) is 0 Å². The van der Waals surface area contributed by atoms with Gasteiger partial charge in [0, 0.05) is 6.20 Å². The van der Waals surface area contributed by atoms with Gasteiger partial charge < -0.3 is 29.7 Å². The molecule has 4 N–H and O–H groups in total. The fraction of sp³-hybridized carbons (Fsp3) is 0.840. The number of rotatable bonds is 16. The van der Waals surface area contributed by atoms with Gasteiger partial charge in [-0.25, -0.2) is 13.2 Å². The Hall–Kier alpha value is -1.61. The van der Waals surface area contributed by atoms with Crippen LogP contribution in [0, 0.1) is 0 Å². The minimum absolute atomic E-state index is 0.0402. The predicted molar refractivity (Wildman–Crippen MR) is 144 cm³/mol. The summed E-state index contributed by atoms with van der Waals surface area (Å²) in [6.07, 6.45) is 6.53. The summed E-state index contributed by atoms with van der Waals surface area (Å²) < 4.78 is 42.5. The van der Waals surface area contributed by atoms with E-state index in [-0.39, 0.29) is 5.82 Å². The minimum atomic E-state index is -4.97. The van der Waals surface area contributed by atoms with Crippen LogP contribution in [0.1, 0.15) is 85.3 Å². The number of anilines is 1. The molecule has 38 heavy (non-hydrogen) atoms. The van der Waals surface area contributed by atoms with Crippen LogP contribution in [0.4, 0.5) is 5.82 Å². The second-order valence-corrected chi connectivity index (χ2v) is 11.0. The Morgan fingerprint density at radius 2 is 1.47 bits per heavy atom. The second kappa shape index (κ2) is 17.2. The average molecular weight is 565 g/mol. The summed E-state index contributed by atoms with van der Waals surface area (Å²) in [6.45, 7) is 14.2. The average Bonchev–Trinajstić information content (AvgIpc) is 3.15. The Labute approximate surface area is 227 Å². The quantitative estimate of drug-likeness (QED) is 0.153. The molecule has 0 radical (unpaired) electrons. The van der Waals surface area contributed by atoms with E-state index in [9.17, 15) is 28.0 Å². The lowest BCUT2D eigenvalue weighted by Gasteiger charge is -2.39. The summed E-state index contributed by atoms with van der Waals surface area (Å²) in [5.74, 6) is -0.0402. The fourth-order valence-electron chi connectivity index (χ4n) is 4.51. The van der Waals surface area contributed by atoms with E-state index in [4.69, 9.17) is 10.5 Å². The number of unbranched alkanes of at least 4 members (excludes halogenated alkanes) is 4. The Balaban J connectivity index is 0.000000391. The van der Waals surface area contributed by atoms with Crippen molar-refractivity contribution >= 4 is 16.2 Å². The van der Waals surface area contributed by atoms with Crippen molar-refractivity contribution in [2.45, 2.75) is 104 Å². The molecule has 0 aliphatic carbocycles. The van der Waals surface area contributed by atoms with Gasteiger partial charge in [0.2, 0.25) is 10.4 Å². The van der Waals surface area contributed by atoms with Crippen LogP contribution in [0.5, 0.6) is 0 Å². The van der Waals surface area contributed by atoms with E-state index in [1.807, 2.05) is 0 Å². The van der Waals surface area contributed by atoms with Crippen LogP contribution in [0.25, 0.3) is 0 Å². The third kappa shape index (κ3) is 11.6. The predicted octanol–water partition coefficient (Wildman–Crippen LogP) is 1.93. The molecule has 1 saturated heterocycles. The molecule has 1 fully saturated rings. The fourth-order valence-corrected chi connectivity index (χ4v) is 4.81. The van der Waals surface area contributed by atoms with Gasteiger partial charge in [0.1, 0.15) is 24.1 Å². The van der Waals surface area contributed by atoms with Gasteiger partial charge in [-0.2, -0.15) is 4.98 Å². The second-order valence-electron chi connectivity index (χ2n) is 9.93. The SMILES string of the molecule is CCCC[N+](CCCC)(CCCC)CCCC.Nc1ccn([C@@H]2O[C@H](COS(=O)(=O)[O-])[C@@H](O)[C@H]2O)c(=O)n1. The monoisotopic (exact) mass is 564 g/mol. The van der Waals surface area contributed by atoms with Crippen LogP contribution < -0.4 is 11.4 Å². The first-order valence-electron chi connectivity index (χ1n) is 13.7. The molecule has 4 atom stereocenters. The number of nitrogen functional groups attached to an aromatic ring is 1. The number of aromatic nitrogens is 2. The summed E-state index contributed by atoms with van der Waals surface area (Å²) in [5.41, 5.74) is 4.48. The van der Waals surface area contributed by atoms with Gasteiger partial charge in [-0.05, 0) is 31.7 Å². The van der Waals surface area contributed by atoms with Gasteiger partial charge >= 0.3 is 5.69 Å². The van der Waals surface area contributed by atoms with Crippen molar-refractivity contribution in [2.24, 2.45) is 0 Å². The molecule has 12 nitrogen and oxygen atoms in total. The molecule has 13 heteroatoms. The van der Waals surface area contributed by atoms with E-state index in [1.54, 1.807) is 0 Å². The first kappa shape index (κ1) is 34.4. The summed E-state index contributed by atoms with van der Waals surface area (Å²) >= 11 is 0.